The van der Waals surface area contributed by atoms with Crippen molar-refractivity contribution in [2.75, 3.05) is 18.8 Å². The molecule has 5 aromatic heterocycles. The number of nitrogens with zero attached hydrogens (tertiary/aromatic N) is 8. The molecule has 60 heavy (non-hydrogen) atoms. The molecule has 0 bridgehead atoms. The second kappa shape index (κ2) is 15.5. The van der Waals surface area contributed by atoms with Crippen LogP contribution in [0.25, 0.3) is 77.6 Å². The van der Waals surface area contributed by atoms with Gasteiger partial charge < -0.3 is 20.3 Å². The average molecular weight is 792 g/mol. The molecular formula is C48H45N11O. The highest BCUT2D eigenvalue weighted by Crippen LogP contribution is 2.33. The first kappa shape index (κ1) is 37.1. The van der Waals surface area contributed by atoms with Crippen molar-refractivity contribution in [3.05, 3.63) is 144 Å². The van der Waals surface area contributed by atoms with Gasteiger partial charge in [0.1, 0.15) is 11.8 Å². The van der Waals surface area contributed by atoms with Gasteiger partial charge in [-0.2, -0.15) is 0 Å². The first-order valence-electron chi connectivity index (χ1n) is 20.6. The van der Waals surface area contributed by atoms with Crippen LogP contribution in [0.3, 0.4) is 0 Å². The van der Waals surface area contributed by atoms with Crippen molar-refractivity contribution in [1.82, 2.24) is 48.9 Å². The molecule has 4 N–H and O–H groups in total. The number of para-hydroxylation sites is 3. The van der Waals surface area contributed by atoms with E-state index in [0.29, 0.717) is 11.7 Å². The third kappa shape index (κ3) is 7.04. The van der Waals surface area contributed by atoms with E-state index in [0.717, 1.165) is 117 Å². The van der Waals surface area contributed by atoms with Crippen molar-refractivity contribution in [3.63, 3.8) is 0 Å². The van der Waals surface area contributed by atoms with Gasteiger partial charge in [0, 0.05) is 48.7 Å². The van der Waals surface area contributed by atoms with Gasteiger partial charge in [0.2, 0.25) is 0 Å². The molecule has 298 valence electrons. The predicted octanol–water partition coefficient (Wildman–Crippen LogP) is 9.14. The molecule has 11 rings (SSSR count). The lowest BCUT2D eigenvalue weighted by Crippen LogP contribution is -2.36. The summed E-state index contributed by atoms with van der Waals surface area (Å²) < 4.78 is 4.12. The highest BCUT2D eigenvalue weighted by atomic mass is 16.1. The number of aromatic amines is 2. The third-order valence-electron chi connectivity index (χ3n) is 11.5. The lowest BCUT2D eigenvalue weighted by molar-refractivity contribution is 0.180. The van der Waals surface area contributed by atoms with Gasteiger partial charge in [0.25, 0.3) is 0 Å². The SMILES string of the molecule is CC(C)Cn1cnc2c(N)nc3ccccc3c21.O=c1[nH]c2ccccc2n1C1CCN(Cc2ccc(-c3[nH]c4cc5ncnc5cc4nc3-c3ccccc3)cc2)CC1. The monoisotopic (exact) mass is 791 g/mol. The minimum absolute atomic E-state index is 0.00721. The molecule has 0 saturated carbocycles. The molecule has 0 aliphatic carbocycles. The van der Waals surface area contributed by atoms with Crippen LogP contribution < -0.4 is 11.4 Å². The summed E-state index contributed by atoms with van der Waals surface area (Å²) in [7, 11) is 0. The molecular weight excluding hydrogens is 747 g/mol. The molecule has 10 aromatic rings. The van der Waals surface area contributed by atoms with Gasteiger partial charge in [-0.3, -0.25) is 9.47 Å². The Morgan fingerprint density at radius 3 is 2.27 bits per heavy atom. The highest BCUT2D eigenvalue weighted by Gasteiger charge is 2.24. The van der Waals surface area contributed by atoms with Crippen LogP contribution >= 0.6 is 0 Å². The van der Waals surface area contributed by atoms with Crippen LogP contribution in [0.15, 0.2) is 133 Å². The zero-order valence-electron chi connectivity index (χ0n) is 33.6. The number of nitrogens with two attached hydrogens (primary N) is 1. The van der Waals surface area contributed by atoms with Gasteiger partial charge in [0.05, 0.1) is 61.8 Å². The number of aromatic nitrogens is 9. The quantitative estimate of drug-likeness (QED) is 0.145. The molecule has 0 atom stereocenters. The number of H-pyrrole nitrogens is 2. The van der Waals surface area contributed by atoms with E-state index < -0.39 is 0 Å². The second-order valence-electron chi connectivity index (χ2n) is 16.1. The smallest absolute Gasteiger partial charge is 0.326 e. The lowest BCUT2D eigenvalue weighted by Gasteiger charge is -2.32. The van der Waals surface area contributed by atoms with E-state index in [2.05, 4.69) is 95.7 Å². The molecule has 6 heterocycles. The van der Waals surface area contributed by atoms with Gasteiger partial charge in [-0.05, 0) is 54.7 Å². The maximum atomic E-state index is 12.7. The molecule has 1 aliphatic rings. The van der Waals surface area contributed by atoms with Gasteiger partial charge >= 0.3 is 5.69 Å². The molecule has 1 aliphatic heterocycles. The summed E-state index contributed by atoms with van der Waals surface area (Å²) >= 11 is 0. The number of rotatable bonds is 7. The van der Waals surface area contributed by atoms with Crippen molar-refractivity contribution in [3.8, 4) is 22.5 Å². The molecule has 0 unspecified atom stereocenters. The number of benzene rings is 5. The van der Waals surface area contributed by atoms with Gasteiger partial charge in [-0.25, -0.2) is 29.7 Å². The van der Waals surface area contributed by atoms with E-state index in [9.17, 15) is 4.79 Å². The van der Waals surface area contributed by atoms with Crippen molar-refractivity contribution < 1.29 is 0 Å². The van der Waals surface area contributed by atoms with Crippen molar-refractivity contribution in [1.29, 1.82) is 0 Å². The molecule has 0 spiro atoms. The fourth-order valence-electron chi connectivity index (χ4n) is 8.65. The summed E-state index contributed by atoms with van der Waals surface area (Å²) in [6.45, 7) is 8.12. The Morgan fingerprint density at radius 2 is 1.47 bits per heavy atom. The van der Waals surface area contributed by atoms with Crippen LogP contribution in [-0.4, -0.2) is 62.0 Å². The Morgan fingerprint density at radius 1 is 0.733 bits per heavy atom. The fourth-order valence-corrected chi connectivity index (χ4v) is 8.65. The van der Waals surface area contributed by atoms with E-state index in [1.54, 1.807) is 6.33 Å². The minimum atomic E-state index is -0.00721. The minimum Gasteiger partial charge on any atom is -0.382 e. The fraction of sp³-hybridized carbons (Fsp3) is 0.208. The summed E-state index contributed by atoms with van der Waals surface area (Å²) in [4.78, 5) is 44.4. The van der Waals surface area contributed by atoms with E-state index in [1.165, 1.54) is 5.56 Å². The normalized spacial score (nSPS) is 13.8. The number of nitrogens with one attached hydrogen (secondary N) is 2. The Labute approximate surface area is 345 Å². The first-order chi connectivity index (χ1) is 29.4. The first-order valence-corrected chi connectivity index (χ1v) is 20.6. The number of pyridine rings is 1. The van der Waals surface area contributed by atoms with E-state index in [1.807, 2.05) is 83.7 Å². The Bertz CT molecular complexity index is 3190. The van der Waals surface area contributed by atoms with Crippen LogP contribution in [-0.2, 0) is 13.1 Å². The largest absolute Gasteiger partial charge is 0.382 e. The molecule has 12 heteroatoms. The van der Waals surface area contributed by atoms with Crippen LogP contribution in [0, 0.1) is 5.92 Å². The van der Waals surface area contributed by atoms with Crippen molar-refractivity contribution >= 4 is 60.9 Å². The van der Waals surface area contributed by atoms with E-state index in [4.69, 9.17) is 10.7 Å². The number of nitrogen functional groups attached to an aromatic ring is 1. The number of anilines is 1. The molecule has 5 aromatic carbocycles. The van der Waals surface area contributed by atoms with E-state index >= 15 is 0 Å². The molecule has 12 nitrogen and oxygen atoms in total. The maximum absolute atomic E-state index is 12.7. The maximum Gasteiger partial charge on any atom is 0.326 e. The van der Waals surface area contributed by atoms with Gasteiger partial charge in [-0.15, -0.1) is 0 Å². The third-order valence-corrected chi connectivity index (χ3v) is 11.5. The number of hydrogen-bond acceptors (Lipinski definition) is 8. The van der Waals surface area contributed by atoms with Crippen LogP contribution in [0.5, 0.6) is 0 Å². The second-order valence-corrected chi connectivity index (χ2v) is 16.1. The summed E-state index contributed by atoms with van der Waals surface area (Å²) in [5.74, 6) is 1.07. The highest BCUT2D eigenvalue weighted by molar-refractivity contribution is 6.06. The van der Waals surface area contributed by atoms with Crippen molar-refractivity contribution in [2.45, 2.75) is 45.8 Å². The number of fused-ring (bicyclic) bond motifs is 6. The summed E-state index contributed by atoms with van der Waals surface area (Å²) in [5, 5.41) is 1.11. The lowest BCUT2D eigenvalue weighted by atomic mass is 10.0. The topological polar surface area (TPSA) is 152 Å². The van der Waals surface area contributed by atoms with Crippen molar-refractivity contribution in [2.24, 2.45) is 5.92 Å². The van der Waals surface area contributed by atoms with Gasteiger partial charge in [0.15, 0.2) is 5.82 Å². The Kier molecular flexibility index (Phi) is 9.61. The zero-order valence-corrected chi connectivity index (χ0v) is 33.6. The average Bonchev–Trinajstić information content (AvgIpc) is 4.00. The molecule has 1 fully saturated rings. The predicted molar refractivity (Wildman–Crippen MR) is 240 cm³/mol. The Balaban J connectivity index is 0.000000201. The number of hydrogen-bond donors (Lipinski definition) is 3. The van der Waals surface area contributed by atoms with Crippen LogP contribution in [0.1, 0.15) is 38.3 Å². The standard InChI is InChI=1S/C34H29N7O.C14H16N4/c42-34-39-26-8-4-5-9-31(26)41(34)25-14-16-40(17-15-25)20-22-10-12-24(13-11-22)33-32(23-6-2-1-3-7-23)37-29-18-27-28(36-21-35-27)19-30(29)38-33;1-9(2)7-18-8-16-12-13(18)10-5-3-4-6-11(10)17-14(12)15/h1-13,18-19,21,25,38H,14-17,20H2,(H,39,42);3-6,8-9H,7H2,1-2H3,(H2,15,17). The zero-order chi connectivity index (χ0) is 40.7. The molecule has 0 amide bonds. The van der Waals surface area contributed by atoms with Gasteiger partial charge in [-0.1, -0.05) is 98.8 Å². The molecule has 1 saturated heterocycles. The summed E-state index contributed by atoms with van der Waals surface area (Å²) in [5.41, 5.74) is 19.5. The number of likely N-dealkylation sites (tertiary alicyclic amines) is 1. The Hall–Kier alpha value is -7.18. The van der Waals surface area contributed by atoms with E-state index in [-0.39, 0.29) is 11.7 Å². The summed E-state index contributed by atoms with van der Waals surface area (Å²) in [6, 6.07) is 39.3. The van der Waals surface area contributed by atoms with Crippen LogP contribution in [0.2, 0.25) is 0 Å². The number of piperidine rings is 1. The number of imidazole rings is 3. The molecule has 0 radical (unpaired) electrons. The summed E-state index contributed by atoms with van der Waals surface area (Å²) in [6.07, 6.45) is 5.36. The van der Waals surface area contributed by atoms with Crippen LogP contribution in [0.4, 0.5) is 5.82 Å².